The normalized spacial score (nSPS) is 11.5. The average Bonchev–Trinajstić information content (AvgIpc) is 2.48. The van der Waals surface area contributed by atoms with Gasteiger partial charge < -0.3 is 16.0 Å². The predicted molar refractivity (Wildman–Crippen MR) is 112 cm³/mol. The fourth-order valence-electron chi connectivity index (χ4n) is 1.98. The van der Waals surface area contributed by atoms with Gasteiger partial charge >= 0.3 is 0 Å². The van der Waals surface area contributed by atoms with Gasteiger partial charge in [0.2, 0.25) is 0 Å². The summed E-state index contributed by atoms with van der Waals surface area (Å²) >= 11 is 0. The molecular formula is C18H31IN4O. The van der Waals surface area contributed by atoms with Crippen molar-refractivity contribution >= 4 is 35.8 Å². The number of aliphatic imine (C=N–C) groups is 1. The molecule has 0 heterocycles. The van der Waals surface area contributed by atoms with E-state index in [9.17, 15) is 4.79 Å². The Kier molecular flexibility index (Phi) is 10.7. The zero-order valence-corrected chi connectivity index (χ0v) is 17.7. The molecule has 0 radical (unpaired) electrons. The maximum absolute atomic E-state index is 12.2. The van der Waals surface area contributed by atoms with Gasteiger partial charge in [-0.3, -0.25) is 4.79 Å². The van der Waals surface area contributed by atoms with Crippen LogP contribution in [0.15, 0.2) is 29.3 Å². The third-order valence-corrected chi connectivity index (χ3v) is 2.98. The van der Waals surface area contributed by atoms with Crippen LogP contribution in [0.5, 0.6) is 0 Å². The summed E-state index contributed by atoms with van der Waals surface area (Å²) in [5.74, 6) is 0.748. The number of carbonyl (C=O) groups excluding carboxylic acids is 1. The highest BCUT2D eigenvalue weighted by Crippen LogP contribution is 2.09. The van der Waals surface area contributed by atoms with E-state index in [2.05, 4.69) is 27.9 Å². The number of guanidine groups is 1. The molecular weight excluding hydrogens is 415 g/mol. The minimum absolute atomic E-state index is 0. The van der Waals surface area contributed by atoms with Crippen LogP contribution in [0.4, 0.5) is 0 Å². The molecule has 0 bridgehead atoms. The number of carbonyl (C=O) groups is 1. The van der Waals surface area contributed by atoms with Gasteiger partial charge in [-0.1, -0.05) is 19.1 Å². The van der Waals surface area contributed by atoms with Gasteiger partial charge in [0, 0.05) is 24.2 Å². The van der Waals surface area contributed by atoms with E-state index in [-0.39, 0.29) is 35.4 Å². The summed E-state index contributed by atoms with van der Waals surface area (Å²) in [4.78, 5) is 16.8. The third kappa shape index (κ3) is 9.10. The van der Waals surface area contributed by atoms with Crippen molar-refractivity contribution in [3.8, 4) is 0 Å². The number of benzene rings is 1. The maximum Gasteiger partial charge on any atom is 0.251 e. The molecule has 0 atom stereocenters. The van der Waals surface area contributed by atoms with Crippen molar-refractivity contribution < 1.29 is 4.79 Å². The van der Waals surface area contributed by atoms with Gasteiger partial charge in [0.15, 0.2) is 5.96 Å². The highest BCUT2D eigenvalue weighted by Gasteiger charge is 2.15. The lowest BCUT2D eigenvalue weighted by Crippen LogP contribution is -2.40. The number of halogens is 1. The van der Waals surface area contributed by atoms with Crippen molar-refractivity contribution in [1.82, 2.24) is 16.0 Å². The first kappa shape index (κ1) is 22.7. The van der Waals surface area contributed by atoms with E-state index in [0.29, 0.717) is 12.1 Å². The first-order valence-corrected chi connectivity index (χ1v) is 8.29. The lowest BCUT2D eigenvalue weighted by molar-refractivity contribution is 0.0919. The van der Waals surface area contributed by atoms with Crippen molar-refractivity contribution in [3.05, 3.63) is 35.4 Å². The first-order valence-electron chi connectivity index (χ1n) is 8.29. The predicted octanol–water partition coefficient (Wildman–Crippen LogP) is 3.30. The van der Waals surface area contributed by atoms with Gasteiger partial charge in [0.05, 0.1) is 6.54 Å². The Morgan fingerprint density at radius 1 is 1.17 bits per heavy atom. The van der Waals surface area contributed by atoms with Crippen molar-refractivity contribution in [2.45, 2.75) is 53.1 Å². The number of hydrogen-bond donors (Lipinski definition) is 3. The second kappa shape index (κ2) is 11.3. The molecule has 1 amide bonds. The van der Waals surface area contributed by atoms with Crippen LogP contribution >= 0.6 is 24.0 Å². The van der Waals surface area contributed by atoms with Gasteiger partial charge in [0.25, 0.3) is 5.91 Å². The van der Waals surface area contributed by atoms with E-state index in [1.807, 2.05) is 52.0 Å². The zero-order chi connectivity index (χ0) is 17.3. The fraction of sp³-hybridized carbons (Fsp3) is 0.556. The molecule has 0 aliphatic heterocycles. The van der Waals surface area contributed by atoms with E-state index >= 15 is 0 Å². The molecule has 0 unspecified atom stereocenters. The summed E-state index contributed by atoms with van der Waals surface area (Å²) in [6.45, 7) is 12.3. The molecule has 0 saturated heterocycles. The molecule has 1 aromatic rings. The first-order chi connectivity index (χ1) is 10.9. The molecule has 0 saturated carbocycles. The SMILES string of the molecule is CCCNC(=NCc1cccc(C(=O)NC(C)(C)C)c1)NCC.I. The van der Waals surface area contributed by atoms with Gasteiger partial charge in [0.1, 0.15) is 0 Å². The molecule has 0 aliphatic rings. The molecule has 1 rings (SSSR count). The van der Waals surface area contributed by atoms with Gasteiger partial charge in [-0.25, -0.2) is 4.99 Å². The molecule has 136 valence electrons. The highest BCUT2D eigenvalue weighted by atomic mass is 127. The summed E-state index contributed by atoms with van der Waals surface area (Å²) < 4.78 is 0. The lowest BCUT2D eigenvalue weighted by atomic mass is 10.1. The smallest absolute Gasteiger partial charge is 0.251 e. The molecule has 5 nitrogen and oxygen atoms in total. The number of hydrogen-bond acceptors (Lipinski definition) is 2. The van der Waals surface area contributed by atoms with Gasteiger partial charge in [-0.15, -0.1) is 24.0 Å². The van der Waals surface area contributed by atoms with Gasteiger partial charge in [-0.2, -0.15) is 0 Å². The Morgan fingerprint density at radius 3 is 2.46 bits per heavy atom. The van der Waals surface area contributed by atoms with Crippen LogP contribution < -0.4 is 16.0 Å². The monoisotopic (exact) mass is 446 g/mol. The summed E-state index contributed by atoms with van der Waals surface area (Å²) in [5, 5.41) is 9.46. The van der Waals surface area contributed by atoms with E-state index in [1.165, 1.54) is 0 Å². The summed E-state index contributed by atoms with van der Waals surface area (Å²) in [7, 11) is 0. The van der Waals surface area contributed by atoms with E-state index < -0.39 is 0 Å². The second-order valence-corrected chi connectivity index (χ2v) is 6.53. The topological polar surface area (TPSA) is 65.5 Å². The van der Waals surface area contributed by atoms with Crippen LogP contribution in [0.25, 0.3) is 0 Å². The standard InChI is InChI=1S/C18H30N4O.HI/c1-6-11-20-17(19-7-2)21-13-14-9-8-10-15(12-14)16(23)22-18(3,4)5;/h8-10,12H,6-7,11,13H2,1-5H3,(H,22,23)(H2,19,20,21);1H. The second-order valence-electron chi connectivity index (χ2n) is 6.53. The average molecular weight is 446 g/mol. The Hall–Kier alpha value is -1.31. The Bertz CT molecular complexity index is 538. The van der Waals surface area contributed by atoms with Crippen LogP contribution in [-0.2, 0) is 6.54 Å². The number of nitrogens with one attached hydrogen (secondary N) is 3. The van der Waals surface area contributed by atoms with E-state index in [1.54, 1.807) is 0 Å². The Morgan fingerprint density at radius 2 is 1.88 bits per heavy atom. The van der Waals surface area contributed by atoms with Crippen molar-refractivity contribution in [2.75, 3.05) is 13.1 Å². The molecule has 0 aliphatic carbocycles. The van der Waals surface area contributed by atoms with Crippen LogP contribution in [0.3, 0.4) is 0 Å². The van der Waals surface area contributed by atoms with E-state index in [4.69, 9.17) is 0 Å². The molecule has 0 fully saturated rings. The largest absolute Gasteiger partial charge is 0.357 e. The van der Waals surface area contributed by atoms with Crippen molar-refractivity contribution in [3.63, 3.8) is 0 Å². The Balaban J connectivity index is 0.00000529. The Labute approximate surface area is 163 Å². The van der Waals surface area contributed by atoms with Crippen molar-refractivity contribution in [1.29, 1.82) is 0 Å². The van der Waals surface area contributed by atoms with Crippen molar-refractivity contribution in [2.24, 2.45) is 4.99 Å². The van der Waals surface area contributed by atoms with Gasteiger partial charge in [-0.05, 0) is 51.8 Å². The summed E-state index contributed by atoms with van der Waals surface area (Å²) in [5.41, 5.74) is 1.44. The van der Waals surface area contributed by atoms with Crippen LogP contribution in [0, 0.1) is 0 Å². The quantitative estimate of drug-likeness (QED) is 0.357. The fourth-order valence-corrected chi connectivity index (χ4v) is 1.98. The molecule has 0 spiro atoms. The van der Waals surface area contributed by atoms with Crippen LogP contribution in [0.1, 0.15) is 57.0 Å². The van der Waals surface area contributed by atoms with Crippen LogP contribution in [-0.4, -0.2) is 30.5 Å². The molecule has 6 heteroatoms. The van der Waals surface area contributed by atoms with Crippen LogP contribution in [0.2, 0.25) is 0 Å². The lowest BCUT2D eigenvalue weighted by Gasteiger charge is -2.20. The van der Waals surface area contributed by atoms with E-state index in [0.717, 1.165) is 31.0 Å². The molecule has 24 heavy (non-hydrogen) atoms. The number of amides is 1. The zero-order valence-electron chi connectivity index (χ0n) is 15.4. The third-order valence-electron chi connectivity index (χ3n) is 2.98. The summed E-state index contributed by atoms with van der Waals surface area (Å²) in [6, 6.07) is 7.61. The molecule has 1 aromatic carbocycles. The summed E-state index contributed by atoms with van der Waals surface area (Å²) in [6.07, 6.45) is 1.05. The maximum atomic E-state index is 12.2. The minimum Gasteiger partial charge on any atom is -0.357 e. The minimum atomic E-state index is -0.243. The molecule has 3 N–H and O–H groups in total. The number of nitrogens with zero attached hydrogens (tertiary/aromatic N) is 1. The highest BCUT2D eigenvalue weighted by molar-refractivity contribution is 14.0. The molecule has 0 aromatic heterocycles. The number of rotatable bonds is 6.